The van der Waals surface area contributed by atoms with Crippen molar-refractivity contribution in [2.45, 2.75) is 26.2 Å². The van der Waals surface area contributed by atoms with Gasteiger partial charge in [0.1, 0.15) is 0 Å². The summed E-state index contributed by atoms with van der Waals surface area (Å²) in [7, 11) is 3.64. The zero-order valence-corrected chi connectivity index (χ0v) is 14.5. The zero-order valence-electron chi connectivity index (χ0n) is 13.6. The van der Waals surface area contributed by atoms with Gasteiger partial charge in [-0.25, -0.2) is 4.98 Å². The van der Waals surface area contributed by atoms with E-state index in [9.17, 15) is 4.79 Å². The Kier molecular flexibility index (Phi) is 5.91. The molecular weight excluding hydrogens is 304 g/mol. The van der Waals surface area contributed by atoms with Gasteiger partial charge in [-0.15, -0.1) is 12.4 Å². The number of pyridine rings is 1. The Labute approximate surface area is 136 Å². The van der Waals surface area contributed by atoms with Gasteiger partial charge in [-0.05, 0) is 13.1 Å². The standard InChI is InChI=1S/C15H22N4O2.ClH/c1-15(2,3)12-11-8-10(9-17-13(11)21-18-12)14(20)19(5)7-6-16-4;/h8-9,16H,6-7H2,1-5H3;1H. The van der Waals surface area contributed by atoms with Gasteiger partial charge in [-0.2, -0.15) is 0 Å². The second-order valence-electron chi connectivity index (χ2n) is 6.19. The van der Waals surface area contributed by atoms with E-state index in [4.69, 9.17) is 4.52 Å². The van der Waals surface area contributed by atoms with Crippen LogP contribution in [0.5, 0.6) is 0 Å². The van der Waals surface area contributed by atoms with Crippen LogP contribution >= 0.6 is 12.4 Å². The number of fused-ring (bicyclic) bond motifs is 1. The molecule has 1 amide bonds. The smallest absolute Gasteiger partial charge is 0.257 e. The molecule has 122 valence electrons. The van der Waals surface area contributed by atoms with Gasteiger partial charge in [-0.1, -0.05) is 25.9 Å². The van der Waals surface area contributed by atoms with E-state index < -0.39 is 0 Å². The SMILES string of the molecule is CNCCN(C)C(=O)c1cnc2onc(C(C)(C)C)c2c1.Cl. The van der Waals surface area contributed by atoms with Crippen LogP contribution < -0.4 is 5.32 Å². The molecule has 22 heavy (non-hydrogen) atoms. The molecule has 7 heteroatoms. The fourth-order valence-corrected chi connectivity index (χ4v) is 2.09. The maximum atomic E-state index is 12.4. The van der Waals surface area contributed by atoms with Crippen LogP contribution in [0.2, 0.25) is 0 Å². The first-order chi connectivity index (χ1) is 9.84. The van der Waals surface area contributed by atoms with Crippen molar-refractivity contribution in [1.29, 1.82) is 0 Å². The molecule has 0 aliphatic heterocycles. The number of carbonyl (C=O) groups excluding carboxylic acids is 1. The van der Waals surface area contributed by atoms with E-state index in [0.29, 0.717) is 17.8 Å². The van der Waals surface area contributed by atoms with Gasteiger partial charge < -0.3 is 14.7 Å². The Morgan fingerprint density at radius 3 is 2.68 bits per heavy atom. The van der Waals surface area contributed by atoms with Crippen LogP contribution in [-0.2, 0) is 5.41 Å². The third kappa shape index (κ3) is 3.75. The van der Waals surface area contributed by atoms with Gasteiger partial charge in [0.25, 0.3) is 11.6 Å². The Hall–Kier alpha value is -1.66. The lowest BCUT2D eigenvalue weighted by Crippen LogP contribution is -2.32. The fraction of sp³-hybridized carbons (Fsp3) is 0.533. The molecule has 2 aromatic heterocycles. The lowest BCUT2D eigenvalue weighted by atomic mass is 9.90. The molecule has 0 atom stereocenters. The normalized spacial score (nSPS) is 11.3. The van der Waals surface area contributed by atoms with Crippen molar-refractivity contribution in [1.82, 2.24) is 20.4 Å². The van der Waals surface area contributed by atoms with Gasteiger partial charge in [0, 0.05) is 31.7 Å². The minimum atomic E-state index is -0.160. The van der Waals surface area contributed by atoms with Gasteiger partial charge >= 0.3 is 0 Å². The summed E-state index contributed by atoms with van der Waals surface area (Å²) in [4.78, 5) is 18.3. The second kappa shape index (κ2) is 7.07. The molecule has 2 rings (SSSR count). The molecule has 0 saturated heterocycles. The summed E-state index contributed by atoms with van der Waals surface area (Å²) >= 11 is 0. The molecule has 0 bridgehead atoms. The number of likely N-dealkylation sites (N-methyl/N-ethyl adjacent to an activating group) is 2. The number of rotatable bonds is 4. The summed E-state index contributed by atoms with van der Waals surface area (Å²) in [5.74, 6) is -0.0549. The van der Waals surface area contributed by atoms with Crippen LogP contribution in [0.25, 0.3) is 11.1 Å². The first-order valence-electron chi connectivity index (χ1n) is 7.00. The average Bonchev–Trinajstić information content (AvgIpc) is 2.86. The monoisotopic (exact) mass is 326 g/mol. The lowest BCUT2D eigenvalue weighted by molar-refractivity contribution is 0.0796. The third-order valence-electron chi connectivity index (χ3n) is 3.33. The van der Waals surface area contributed by atoms with Crippen LogP contribution in [0.1, 0.15) is 36.8 Å². The molecule has 0 fully saturated rings. The Morgan fingerprint density at radius 2 is 2.09 bits per heavy atom. The van der Waals surface area contributed by atoms with Gasteiger partial charge in [0.15, 0.2) is 0 Å². The molecule has 2 heterocycles. The molecule has 0 spiro atoms. The lowest BCUT2D eigenvalue weighted by Gasteiger charge is -2.17. The van der Waals surface area contributed by atoms with Crippen molar-refractivity contribution in [3.8, 4) is 0 Å². The van der Waals surface area contributed by atoms with E-state index in [0.717, 1.165) is 17.6 Å². The van der Waals surface area contributed by atoms with E-state index in [2.05, 4.69) is 36.2 Å². The van der Waals surface area contributed by atoms with Gasteiger partial charge in [-0.3, -0.25) is 4.79 Å². The number of amides is 1. The number of hydrogen-bond donors (Lipinski definition) is 1. The van der Waals surface area contributed by atoms with Crippen molar-refractivity contribution >= 4 is 29.4 Å². The molecule has 0 aliphatic carbocycles. The molecular formula is C15H23ClN4O2. The highest BCUT2D eigenvalue weighted by molar-refractivity contribution is 5.97. The van der Waals surface area contributed by atoms with E-state index in [-0.39, 0.29) is 23.7 Å². The number of nitrogens with one attached hydrogen (secondary N) is 1. The zero-order chi connectivity index (χ0) is 15.6. The highest BCUT2D eigenvalue weighted by atomic mass is 35.5. The van der Waals surface area contributed by atoms with Crippen molar-refractivity contribution in [3.63, 3.8) is 0 Å². The molecule has 0 aliphatic rings. The van der Waals surface area contributed by atoms with E-state index in [1.54, 1.807) is 11.9 Å². The van der Waals surface area contributed by atoms with E-state index in [1.165, 1.54) is 6.20 Å². The highest BCUT2D eigenvalue weighted by Crippen LogP contribution is 2.28. The minimum absolute atomic E-state index is 0. The quantitative estimate of drug-likeness (QED) is 0.933. The molecule has 2 aromatic rings. The van der Waals surface area contributed by atoms with E-state index in [1.807, 2.05) is 13.1 Å². The molecule has 0 aromatic carbocycles. The molecule has 0 saturated carbocycles. The number of carbonyl (C=O) groups is 1. The molecule has 1 N–H and O–H groups in total. The molecule has 0 radical (unpaired) electrons. The van der Waals surface area contributed by atoms with Crippen LogP contribution in [-0.4, -0.2) is 48.1 Å². The molecule has 6 nitrogen and oxygen atoms in total. The summed E-state index contributed by atoms with van der Waals surface area (Å²) in [6.45, 7) is 7.55. The van der Waals surface area contributed by atoms with Crippen molar-refractivity contribution in [3.05, 3.63) is 23.5 Å². The topological polar surface area (TPSA) is 71.3 Å². The van der Waals surface area contributed by atoms with Crippen molar-refractivity contribution in [2.24, 2.45) is 0 Å². The number of halogens is 1. The predicted octanol–water partition coefficient (Wildman–Crippen LogP) is 2.23. The number of hydrogen-bond acceptors (Lipinski definition) is 5. The van der Waals surface area contributed by atoms with Crippen molar-refractivity contribution < 1.29 is 9.32 Å². The summed E-state index contributed by atoms with van der Waals surface area (Å²) in [6.07, 6.45) is 1.54. The van der Waals surface area contributed by atoms with Crippen molar-refractivity contribution in [2.75, 3.05) is 27.2 Å². The minimum Gasteiger partial charge on any atom is -0.340 e. The predicted molar refractivity (Wildman–Crippen MR) is 88.6 cm³/mol. The fourth-order valence-electron chi connectivity index (χ4n) is 2.09. The van der Waals surface area contributed by atoms with Crippen LogP contribution in [0, 0.1) is 0 Å². The van der Waals surface area contributed by atoms with Crippen LogP contribution in [0.3, 0.4) is 0 Å². The Morgan fingerprint density at radius 1 is 1.41 bits per heavy atom. The van der Waals surface area contributed by atoms with Gasteiger partial charge in [0.05, 0.1) is 16.6 Å². The Bertz CT molecular complexity index is 649. The Balaban J connectivity index is 0.00000242. The number of aromatic nitrogens is 2. The maximum absolute atomic E-state index is 12.4. The average molecular weight is 327 g/mol. The maximum Gasteiger partial charge on any atom is 0.257 e. The third-order valence-corrected chi connectivity index (χ3v) is 3.33. The summed E-state index contributed by atoms with van der Waals surface area (Å²) < 4.78 is 5.24. The summed E-state index contributed by atoms with van der Waals surface area (Å²) in [5.41, 5.74) is 1.67. The summed E-state index contributed by atoms with van der Waals surface area (Å²) in [5, 5.41) is 7.92. The molecule has 0 unspecified atom stereocenters. The highest BCUT2D eigenvalue weighted by Gasteiger charge is 2.24. The largest absolute Gasteiger partial charge is 0.340 e. The van der Waals surface area contributed by atoms with E-state index >= 15 is 0 Å². The van der Waals surface area contributed by atoms with Gasteiger partial charge in [0.2, 0.25) is 0 Å². The van der Waals surface area contributed by atoms with Crippen LogP contribution in [0.15, 0.2) is 16.8 Å². The number of nitrogens with zero attached hydrogens (tertiary/aromatic N) is 3. The first-order valence-corrected chi connectivity index (χ1v) is 7.00. The summed E-state index contributed by atoms with van der Waals surface area (Å²) in [6, 6.07) is 1.82. The van der Waals surface area contributed by atoms with Crippen LogP contribution in [0.4, 0.5) is 0 Å². The second-order valence-corrected chi connectivity index (χ2v) is 6.19. The first kappa shape index (κ1) is 18.4.